The van der Waals surface area contributed by atoms with Gasteiger partial charge in [-0.25, -0.2) is 0 Å². The van der Waals surface area contributed by atoms with E-state index in [0.29, 0.717) is 5.56 Å². The van der Waals surface area contributed by atoms with E-state index < -0.39 is 0 Å². The molecule has 1 aliphatic rings. The highest BCUT2D eigenvalue weighted by atomic mass is 16.5. The van der Waals surface area contributed by atoms with Crippen molar-refractivity contribution in [2.75, 3.05) is 19.7 Å². The first-order chi connectivity index (χ1) is 10.3. The van der Waals surface area contributed by atoms with Crippen molar-refractivity contribution >= 4 is 0 Å². The second kappa shape index (κ2) is 6.53. The number of nitriles is 1. The molecule has 3 heteroatoms. The first-order valence-corrected chi connectivity index (χ1v) is 7.23. The van der Waals surface area contributed by atoms with Crippen LogP contribution >= 0.6 is 0 Å². The zero-order chi connectivity index (χ0) is 14.5. The molecule has 0 radical (unpaired) electrons. The van der Waals surface area contributed by atoms with Gasteiger partial charge in [0.25, 0.3) is 0 Å². The van der Waals surface area contributed by atoms with Gasteiger partial charge in [0.05, 0.1) is 24.3 Å². The highest BCUT2D eigenvalue weighted by molar-refractivity contribution is 5.34. The Morgan fingerprint density at radius 1 is 1.14 bits per heavy atom. The number of benzene rings is 2. The molecule has 0 aliphatic carbocycles. The van der Waals surface area contributed by atoms with E-state index in [2.05, 4.69) is 35.2 Å². The van der Waals surface area contributed by atoms with Gasteiger partial charge >= 0.3 is 0 Å². The van der Waals surface area contributed by atoms with Crippen molar-refractivity contribution in [3.8, 4) is 6.07 Å². The predicted molar refractivity (Wildman–Crippen MR) is 81.6 cm³/mol. The molecule has 1 saturated heterocycles. The number of hydrogen-bond donors (Lipinski definition) is 0. The molecule has 0 aromatic heterocycles. The van der Waals surface area contributed by atoms with Crippen molar-refractivity contribution in [3.05, 3.63) is 71.3 Å². The van der Waals surface area contributed by atoms with E-state index in [9.17, 15) is 0 Å². The molecule has 1 heterocycles. The molecule has 0 bridgehead atoms. The van der Waals surface area contributed by atoms with Gasteiger partial charge in [-0.15, -0.1) is 0 Å². The number of nitrogens with zero attached hydrogens (tertiary/aromatic N) is 2. The Morgan fingerprint density at radius 2 is 2.00 bits per heavy atom. The molecule has 3 rings (SSSR count). The molecule has 1 aliphatic heterocycles. The standard InChI is InChI=1S/C18H18N2O/c19-12-16-7-4-8-17(11-16)18-14-20(9-10-21-18)13-15-5-2-1-3-6-15/h1-8,11,18H,9-10,13-14H2. The van der Waals surface area contributed by atoms with Crippen molar-refractivity contribution in [1.82, 2.24) is 4.90 Å². The Balaban J connectivity index is 1.69. The highest BCUT2D eigenvalue weighted by Crippen LogP contribution is 2.23. The van der Waals surface area contributed by atoms with Crippen LogP contribution in [-0.2, 0) is 11.3 Å². The average molecular weight is 278 g/mol. The summed E-state index contributed by atoms with van der Waals surface area (Å²) < 4.78 is 5.88. The molecule has 21 heavy (non-hydrogen) atoms. The quantitative estimate of drug-likeness (QED) is 0.865. The lowest BCUT2D eigenvalue weighted by atomic mass is 10.0. The fourth-order valence-electron chi connectivity index (χ4n) is 2.70. The second-order valence-electron chi connectivity index (χ2n) is 5.32. The lowest BCUT2D eigenvalue weighted by Gasteiger charge is -2.33. The van der Waals surface area contributed by atoms with Gasteiger partial charge in [-0.2, -0.15) is 5.26 Å². The molecule has 1 unspecified atom stereocenters. The fraction of sp³-hybridized carbons (Fsp3) is 0.278. The Morgan fingerprint density at radius 3 is 2.81 bits per heavy atom. The van der Waals surface area contributed by atoms with E-state index in [1.807, 2.05) is 30.3 Å². The molecule has 0 N–H and O–H groups in total. The summed E-state index contributed by atoms with van der Waals surface area (Å²) in [6.07, 6.45) is 0.0516. The van der Waals surface area contributed by atoms with Gasteiger partial charge in [-0.1, -0.05) is 42.5 Å². The molecule has 2 aromatic rings. The SMILES string of the molecule is N#Cc1cccc(C2CN(Cc3ccccc3)CCO2)c1. The van der Waals surface area contributed by atoms with Gasteiger partial charge in [0.1, 0.15) is 0 Å². The maximum Gasteiger partial charge on any atom is 0.0991 e. The molecule has 3 nitrogen and oxygen atoms in total. The van der Waals surface area contributed by atoms with Crippen LogP contribution in [0.4, 0.5) is 0 Å². The number of hydrogen-bond acceptors (Lipinski definition) is 3. The molecule has 1 atom stereocenters. The first-order valence-electron chi connectivity index (χ1n) is 7.23. The summed E-state index contributed by atoms with van der Waals surface area (Å²) in [5, 5.41) is 9.01. The Bertz CT molecular complexity index is 633. The third-order valence-electron chi connectivity index (χ3n) is 3.79. The van der Waals surface area contributed by atoms with E-state index >= 15 is 0 Å². The summed E-state index contributed by atoms with van der Waals surface area (Å²) >= 11 is 0. The van der Waals surface area contributed by atoms with Crippen LogP contribution in [0.1, 0.15) is 22.8 Å². The maximum absolute atomic E-state index is 9.01. The summed E-state index contributed by atoms with van der Waals surface area (Å²) in [6, 6.07) is 20.4. The largest absolute Gasteiger partial charge is 0.371 e. The summed E-state index contributed by atoms with van der Waals surface area (Å²) in [7, 11) is 0. The molecule has 1 fully saturated rings. The summed E-state index contributed by atoms with van der Waals surface area (Å²) in [6.45, 7) is 3.49. The van der Waals surface area contributed by atoms with Crippen LogP contribution in [0.5, 0.6) is 0 Å². The van der Waals surface area contributed by atoms with Crippen molar-refractivity contribution in [3.63, 3.8) is 0 Å². The third kappa shape index (κ3) is 3.49. The number of morpholine rings is 1. The van der Waals surface area contributed by atoms with E-state index in [1.165, 1.54) is 5.56 Å². The maximum atomic E-state index is 9.01. The zero-order valence-electron chi connectivity index (χ0n) is 11.9. The van der Waals surface area contributed by atoms with Gasteiger partial charge in [0, 0.05) is 19.6 Å². The number of rotatable bonds is 3. The molecule has 2 aromatic carbocycles. The van der Waals surface area contributed by atoms with Crippen molar-refractivity contribution in [2.45, 2.75) is 12.6 Å². The van der Waals surface area contributed by atoms with Crippen molar-refractivity contribution in [1.29, 1.82) is 5.26 Å². The van der Waals surface area contributed by atoms with Crippen LogP contribution in [0, 0.1) is 11.3 Å². The minimum absolute atomic E-state index is 0.0516. The van der Waals surface area contributed by atoms with Crippen molar-refractivity contribution in [2.24, 2.45) is 0 Å². The molecule has 0 spiro atoms. The van der Waals surface area contributed by atoms with E-state index in [4.69, 9.17) is 10.00 Å². The van der Waals surface area contributed by atoms with E-state index in [1.54, 1.807) is 0 Å². The van der Waals surface area contributed by atoms with Crippen molar-refractivity contribution < 1.29 is 4.74 Å². The molecular formula is C18H18N2O. The molecule has 106 valence electrons. The van der Waals surface area contributed by atoms with Crippen LogP contribution < -0.4 is 0 Å². The predicted octanol–water partition coefficient (Wildman–Crippen LogP) is 3.13. The Hall–Kier alpha value is -2.15. The minimum atomic E-state index is 0.0516. The van der Waals surface area contributed by atoms with Crippen LogP contribution in [0.25, 0.3) is 0 Å². The summed E-state index contributed by atoms with van der Waals surface area (Å²) in [5.74, 6) is 0. The van der Waals surface area contributed by atoms with Gasteiger partial charge in [0.2, 0.25) is 0 Å². The van der Waals surface area contributed by atoms with Crippen LogP contribution in [0.15, 0.2) is 54.6 Å². The van der Waals surface area contributed by atoms with Gasteiger partial charge in [-0.05, 0) is 23.3 Å². The van der Waals surface area contributed by atoms with Crippen LogP contribution in [0.2, 0.25) is 0 Å². The third-order valence-corrected chi connectivity index (χ3v) is 3.79. The zero-order valence-corrected chi connectivity index (χ0v) is 11.9. The molecule has 0 saturated carbocycles. The number of ether oxygens (including phenoxy) is 1. The topological polar surface area (TPSA) is 36.3 Å². The smallest absolute Gasteiger partial charge is 0.0991 e. The van der Waals surface area contributed by atoms with Crippen LogP contribution in [0.3, 0.4) is 0 Å². The summed E-state index contributed by atoms with van der Waals surface area (Å²) in [4.78, 5) is 2.41. The Labute approximate surface area is 125 Å². The molecular weight excluding hydrogens is 260 g/mol. The lowest BCUT2D eigenvalue weighted by Crippen LogP contribution is -2.37. The second-order valence-corrected chi connectivity index (χ2v) is 5.32. The first kappa shape index (κ1) is 13.8. The Kier molecular flexibility index (Phi) is 4.30. The van der Waals surface area contributed by atoms with Gasteiger partial charge in [-0.3, -0.25) is 4.90 Å². The highest BCUT2D eigenvalue weighted by Gasteiger charge is 2.22. The van der Waals surface area contributed by atoms with Gasteiger partial charge in [0.15, 0.2) is 0 Å². The minimum Gasteiger partial charge on any atom is -0.371 e. The van der Waals surface area contributed by atoms with Gasteiger partial charge < -0.3 is 4.74 Å². The monoisotopic (exact) mass is 278 g/mol. The fourth-order valence-corrected chi connectivity index (χ4v) is 2.70. The lowest BCUT2D eigenvalue weighted by molar-refractivity contribution is -0.0329. The average Bonchev–Trinajstić information content (AvgIpc) is 2.56. The van der Waals surface area contributed by atoms with E-state index in [-0.39, 0.29) is 6.10 Å². The summed E-state index contributed by atoms with van der Waals surface area (Å²) in [5.41, 5.74) is 3.10. The molecule has 0 amide bonds. The van der Waals surface area contributed by atoms with Crippen LogP contribution in [-0.4, -0.2) is 24.6 Å². The normalized spacial score (nSPS) is 19.1. The van der Waals surface area contributed by atoms with E-state index in [0.717, 1.165) is 31.8 Å².